The Kier molecular flexibility index (Phi) is 4.79. The first kappa shape index (κ1) is 14.1. The number of anilines is 1. The molecule has 0 aromatic heterocycles. The van der Waals surface area contributed by atoms with E-state index in [0.29, 0.717) is 6.04 Å². The van der Waals surface area contributed by atoms with Crippen molar-refractivity contribution in [3.8, 4) is 6.07 Å². The van der Waals surface area contributed by atoms with Crippen LogP contribution in [0.2, 0.25) is 0 Å². The molecular weight excluding hydrogens is 244 g/mol. The fourth-order valence-corrected chi connectivity index (χ4v) is 2.26. The first-order valence-electron chi connectivity index (χ1n) is 7.00. The molecule has 1 atom stereocenters. The van der Waals surface area contributed by atoms with Gasteiger partial charge in [-0.1, -0.05) is 30.3 Å². The number of hydrogen-bond donors (Lipinski definition) is 1. The number of nitrogens with one attached hydrogen (secondary N) is 1. The van der Waals surface area contributed by atoms with Crippen molar-refractivity contribution in [2.75, 3.05) is 5.32 Å². The minimum atomic E-state index is 0.405. The van der Waals surface area contributed by atoms with E-state index in [1.54, 1.807) is 0 Å². The van der Waals surface area contributed by atoms with Gasteiger partial charge in [-0.2, -0.15) is 5.26 Å². The lowest BCUT2D eigenvalue weighted by Crippen LogP contribution is -2.16. The Labute approximate surface area is 121 Å². The molecule has 2 aromatic rings. The average molecular weight is 264 g/mol. The Hall–Kier alpha value is -2.27. The number of rotatable bonds is 5. The molecule has 2 heteroatoms. The maximum atomic E-state index is 8.93. The lowest BCUT2D eigenvalue weighted by atomic mass is 10.1. The Bertz CT molecular complexity index is 597. The van der Waals surface area contributed by atoms with Gasteiger partial charge in [0.05, 0.1) is 11.6 Å². The van der Waals surface area contributed by atoms with E-state index in [9.17, 15) is 0 Å². The predicted octanol–water partition coefficient (Wildman–Crippen LogP) is 4.30. The number of nitriles is 1. The minimum Gasteiger partial charge on any atom is -0.383 e. The van der Waals surface area contributed by atoms with Gasteiger partial charge in [-0.3, -0.25) is 0 Å². The molecule has 0 bridgehead atoms. The molecule has 0 heterocycles. The lowest BCUT2D eigenvalue weighted by molar-refractivity contribution is 0.706. The first-order chi connectivity index (χ1) is 9.69. The molecule has 0 spiro atoms. The van der Waals surface area contributed by atoms with Crippen LogP contribution in [0.3, 0.4) is 0 Å². The van der Waals surface area contributed by atoms with Gasteiger partial charge in [0, 0.05) is 11.7 Å². The second-order valence-electron chi connectivity index (χ2n) is 5.21. The van der Waals surface area contributed by atoms with Gasteiger partial charge in [0.25, 0.3) is 0 Å². The third-order valence-corrected chi connectivity index (χ3v) is 3.47. The summed E-state index contributed by atoms with van der Waals surface area (Å²) in [5, 5.41) is 12.4. The highest BCUT2D eigenvalue weighted by molar-refractivity contribution is 5.52. The van der Waals surface area contributed by atoms with Gasteiger partial charge in [-0.15, -0.1) is 0 Å². The van der Waals surface area contributed by atoms with E-state index in [0.717, 1.165) is 29.7 Å². The SMILES string of the molecule is Cc1cc(NC(C)CCc2ccccc2)ccc1C#N. The van der Waals surface area contributed by atoms with Crippen molar-refractivity contribution < 1.29 is 0 Å². The van der Waals surface area contributed by atoms with E-state index in [1.807, 2.05) is 31.2 Å². The molecular formula is C18H20N2. The summed E-state index contributed by atoms with van der Waals surface area (Å²) in [6, 6.07) is 19.0. The van der Waals surface area contributed by atoms with Gasteiger partial charge in [0.15, 0.2) is 0 Å². The van der Waals surface area contributed by atoms with Crippen LogP contribution < -0.4 is 5.32 Å². The summed E-state index contributed by atoms with van der Waals surface area (Å²) in [7, 11) is 0. The maximum absolute atomic E-state index is 8.93. The molecule has 2 nitrogen and oxygen atoms in total. The highest BCUT2D eigenvalue weighted by atomic mass is 14.9. The average Bonchev–Trinajstić information content (AvgIpc) is 2.46. The molecule has 0 aliphatic carbocycles. The molecule has 0 aliphatic heterocycles. The largest absolute Gasteiger partial charge is 0.383 e. The highest BCUT2D eigenvalue weighted by Gasteiger charge is 2.04. The normalized spacial score (nSPS) is 11.7. The van der Waals surface area contributed by atoms with Gasteiger partial charge >= 0.3 is 0 Å². The van der Waals surface area contributed by atoms with Crippen LogP contribution in [-0.4, -0.2) is 6.04 Å². The molecule has 0 saturated carbocycles. The molecule has 2 rings (SSSR count). The van der Waals surface area contributed by atoms with Crippen molar-refractivity contribution in [3.63, 3.8) is 0 Å². The van der Waals surface area contributed by atoms with Crippen molar-refractivity contribution in [1.82, 2.24) is 0 Å². The molecule has 20 heavy (non-hydrogen) atoms. The van der Waals surface area contributed by atoms with Crippen LogP contribution in [0, 0.1) is 18.3 Å². The standard InChI is InChI=1S/C18H20N2/c1-14-12-18(11-10-17(14)13-19)20-15(2)8-9-16-6-4-3-5-7-16/h3-7,10-12,15,20H,8-9H2,1-2H3. The van der Waals surface area contributed by atoms with E-state index >= 15 is 0 Å². The molecule has 2 aromatic carbocycles. The van der Waals surface area contributed by atoms with Gasteiger partial charge in [-0.05, 0) is 56.0 Å². The number of aryl methyl sites for hydroxylation is 2. The Balaban J connectivity index is 1.90. The predicted molar refractivity (Wildman–Crippen MR) is 83.7 cm³/mol. The highest BCUT2D eigenvalue weighted by Crippen LogP contribution is 2.16. The summed E-state index contributed by atoms with van der Waals surface area (Å²) in [6.07, 6.45) is 2.16. The van der Waals surface area contributed by atoms with Crippen molar-refractivity contribution in [2.24, 2.45) is 0 Å². The third-order valence-electron chi connectivity index (χ3n) is 3.47. The Morgan fingerprint density at radius 1 is 1.15 bits per heavy atom. The van der Waals surface area contributed by atoms with Crippen LogP contribution in [0.25, 0.3) is 0 Å². The van der Waals surface area contributed by atoms with E-state index in [-0.39, 0.29) is 0 Å². The van der Waals surface area contributed by atoms with Crippen LogP contribution >= 0.6 is 0 Å². The number of benzene rings is 2. The van der Waals surface area contributed by atoms with Crippen LogP contribution in [-0.2, 0) is 6.42 Å². The second-order valence-corrected chi connectivity index (χ2v) is 5.21. The van der Waals surface area contributed by atoms with Crippen LogP contribution in [0.5, 0.6) is 0 Å². The third kappa shape index (κ3) is 3.86. The smallest absolute Gasteiger partial charge is 0.0994 e. The van der Waals surface area contributed by atoms with Crippen molar-refractivity contribution in [3.05, 3.63) is 65.2 Å². The number of hydrogen-bond acceptors (Lipinski definition) is 2. The fraction of sp³-hybridized carbons (Fsp3) is 0.278. The monoisotopic (exact) mass is 264 g/mol. The molecule has 0 aliphatic rings. The molecule has 0 amide bonds. The summed E-state index contributed by atoms with van der Waals surface area (Å²) in [5.41, 5.74) is 4.22. The summed E-state index contributed by atoms with van der Waals surface area (Å²) >= 11 is 0. The summed E-state index contributed by atoms with van der Waals surface area (Å²) < 4.78 is 0. The minimum absolute atomic E-state index is 0.405. The van der Waals surface area contributed by atoms with E-state index < -0.39 is 0 Å². The summed E-state index contributed by atoms with van der Waals surface area (Å²) in [4.78, 5) is 0. The van der Waals surface area contributed by atoms with E-state index in [4.69, 9.17) is 5.26 Å². The zero-order valence-corrected chi connectivity index (χ0v) is 12.1. The first-order valence-corrected chi connectivity index (χ1v) is 7.00. The van der Waals surface area contributed by atoms with Crippen molar-refractivity contribution >= 4 is 5.69 Å². The second kappa shape index (κ2) is 6.77. The summed E-state index contributed by atoms with van der Waals surface area (Å²) in [6.45, 7) is 4.16. The van der Waals surface area contributed by atoms with Gasteiger partial charge in [0.2, 0.25) is 0 Å². The topological polar surface area (TPSA) is 35.8 Å². The zero-order valence-electron chi connectivity index (χ0n) is 12.1. The molecule has 0 saturated heterocycles. The van der Waals surface area contributed by atoms with Gasteiger partial charge in [0.1, 0.15) is 0 Å². The van der Waals surface area contributed by atoms with Crippen molar-refractivity contribution in [1.29, 1.82) is 5.26 Å². The molecule has 1 unspecified atom stereocenters. The fourth-order valence-electron chi connectivity index (χ4n) is 2.26. The summed E-state index contributed by atoms with van der Waals surface area (Å²) in [5.74, 6) is 0. The van der Waals surface area contributed by atoms with Gasteiger partial charge in [-0.25, -0.2) is 0 Å². The molecule has 102 valence electrons. The van der Waals surface area contributed by atoms with E-state index in [2.05, 4.69) is 42.6 Å². The lowest BCUT2D eigenvalue weighted by Gasteiger charge is -2.16. The quantitative estimate of drug-likeness (QED) is 0.874. The van der Waals surface area contributed by atoms with E-state index in [1.165, 1.54) is 5.56 Å². The number of nitrogens with zero attached hydrogens (tertiary/aromatic N) is 1. The maximum Gasteiger partial charge on any atom is 0.0994 e. The van der Waals surface area contributed by atoms with Crippen LogP contribution in [0.4, 0.5) is 5.69 Å². The van der Waals surface area contributed by atoms with Gasteiger partial charge < -0.3 is 5.32 Å². The molecule has 0 radical (unpaired) electrons. The zero-order chi connectivity index (χ0) is 14.4. The van der Waals surface area contributed by atoms with Crippen LogP contribution in [0.15, 0.2) is 48.5 Å². The Morgan fingerprint density at radius 2 is 1.90 bits per heavy atom. The van der Waals surface area contributed by atoms with Crippen molar-refractivity contribution in [2.45, 2.75) is 32.7 Å². The molecule has 0 fully saturated rings. The Morgan fingerprint density at radius 3 is 2.55 bits per heavy atom. The molecule has 1 N–H and O–H groups in total. The van der Waals surface area contributed by atoms with Crippen LogP contribution in [0.1, 0.15) is 30.0 Å².